The fourth-order valence-electron chi connectivity index (χ4n) is 1.40. The van der Waals surface area contributed by atoms with E-state index in [1.807, 2.05) is 17.5 Å². The number of nitrogens with one attached hydrogen (secondary N) is 2. The first-order valence-electron chi connectivity index (χ1n) is 5.37. The summed E-state index contributed by atoms with van der Waals surface area (Å²) < 4.78 is 0. The van der Waals surface area contributed by atoms with Crippen LogP contribution in [0, 0.1) is 0 Å². The number of carbonyl (C=O) groups excluding carboxylic acids is 1. The van der Waals surface area contributed by atoms with E-state index in [1.165, 1.54) is 12.8 Å². The molecule has 1 fully saturated rings. The van der Waals surface area contributed by atoms with Crippen LogP contribution in [0.15, 0.2) is 17.5 Å². The molecule has 1 heterocycles. The molecule has 2 rings (SSSR count). The summed E-state index contributed by atoms with van der Waals surface area (Å²) in [6.45, 7) is 1.63. The van der Waals surface area contributed by atoms with Crippen molar-refractivity contribution in [3.05, 3.63) is 22.4 Å². The first-order valence-corrected chi connectivity index (χ1v) is 6.25. The van der Waals surface area contributed by atoms with E-state index >= 15 is 0 Å². The van der Waals surface area contributed by atoms with Gasteiger partial charge in [0, 0.05) is 24.0 Å². The van der Waals surface area contributed by atoms with Crippen LogP contribution >= 0.6 is 11.3 Å². The van der Waals surface area contributed by atoms with Crippen LogP contribution in [0.5, 0.6) is 0 Å². The molecule has 1 aromatic rings. The van der Waals surface area contributed by atoms with Gasteiger partial charge in [-0.15, -0.1) is 11.3 Å². The van der Waals surface area contributed by atoms with Gasteiger partial charge in [0.2, 0.25) is 5.91 Å². The summed E-state index contributed by atoms with van der Waals surface area (Å²) in [5.74, 6) is 0.120. The van der Waals surface area contributed by atoms with Crippen LogP contribution in [0.2, 0.25) is 0 Å². The third-order valence-corrected chi connectivity index (χ3v) is 3.25. The van der Waals surface area contributed by atoms with Crippen molar-refractivity contribution < 1.29 is 4.79 Å². The average Bonchev–Trinajstić information content (AvgIpc) is 2.91. The van der Waals surface area contributed by atoms with Crippen molar-refractivity contribution >= 4 is 17.2 Å². The van der Waals surface area contributed by atoms with Crippen LogP contribution in [0.4, 0.5) is 0 Å². The van der Waals surface area contributed by atoms with E-state index in [4.69, 9.17) is 0 Å². The van der Waals surface area contributed by atoms with Crippen LogP contribution in [0.3, 0.4) is 0 Å². The lowest BCUT2D eigenvalue weighted by Crippen LogP contribution is -2.33. The van der Waals surface area contributed by atoms with Gasteiger partial charge >= 0.3 is 0 Å². The minimum absolute atomic E-state index is 0.120. The molecule has 1 amide bonds. The second-order valence-electron chi connectivity index (χ2n) is 3.83. The zero-order valence-corrected chi connectivity index (χ0v) is 9.48. The molecule has 0 saturated heterocycles. The quantitative estimate of drug-likeness (QED) is 0.712. The molecule has 0 spiro atoms. The van der Waals surface area contributed by atoms with Crippen molar-refractivity contribution in [2.75, 3.05) is 13.1 Å². The number of carbonyl (C=O) groups is 1. The molecule has 82 valence electrons. The average molecular weight is 224 g/mol. The zero-order valence-electron chi connectivity index (χ0n) is 8.66. The number of hydrogen-bond acceptors (Lipinski definition) is 3. The van der Waals surface area contributed by atoms with Crippen molar-refractivity contribution in [2.45, 2.75) is 25.3 Å². The molecule has 0 aromatic carbocycles. The maximum Gasteiger partial charge on any atom is 0.225 e. The molecule has 1 aliphatic carbocycles. The van der Waals surface area contributed by atoms with Crippen LogP contribution in [-0.2, 0) is 11.2 Å². The molecule has 0 aliphatic heterocycles. The van der Waals surface area contributed by atoms with Crippen LogP contribution < -0.4 is 10.6 Å². The Bertz CT molecular complexity index is 306. The Labute approximate surface area is 93.9 Å². The molecule has 0 unspecified atom stereocenters. The summed E-state index contributed by atoms with van der Waals surface area (Å²) in [6, 6.07) is 4.69. The van der Waals surface area contributed by atoms with E-state index in [0.29, 0.717) is 6.42 Å². The van der Waals surface area contributed by atoms with Gasteiger partial charge in [0.25, 0.3) is 0 Å². The fourth-order valence-corrected chi connectivity index (χ4v) is 2.10. The van der Waals surface area contributed by atoms with E-state index in [1.54, 1.807) is 11.3 Å². The van der Waals surface area contributed by atoms with Crippen molar-refractivity contribution in [1.29, 1.82) is 0 Å². The molecule has 1 aliphatic rings. The predicted molar refractivity (Wildman–Crippen MR) is 62.1 cm³/mol. The smallest absolute Gasteiger partial charge is 0.225 e. The van der Waals surface area contributed by atoms with Gasteiger partial charge in [-0.1, -0.05) is 6.07 Å². The first kappa shape index (κ1) is 10.6. The summed E-state index contributed by atoms with van der Waals surface area (Å²) in [6.07, 6.45) is 3.10. The zero-order chi connectivity index (χ0) is 10.5. The van der Waals surface area contributed by atoms with Crippen LogP contribution in [0.1, 0.15) is 17.7 Å². The lowest BCUT2D eigenvalue weighted by molar-refractivity contribution is -0.120. The number of rotatable bonds is 6. The molecule has 1 aromatic heterocycles. The van der Waals surface area contributed by atoms with Crippen molar-refractivity contribution in [2.24, 2.45) is 0 Å². The molecule has 1 saturated carbocycles. The Morgan fingerprint density at radius 3 is 3.00 bits per heavy atom. The van der Waals surface area contributed by atoms with Gasteiger partial charge < -0.3 is 10.6 Å². The molecular weight excluding hydrogens is 208 g/mol. The van der Waals surface area contributed by atoms with Gasteiger partial charge in [-0.05, 0) is 24.3 Å². The highest BCUT2D eigenvalue weighted by Gasteiger charge is 2.19. The van der Waals surface area contributed by atoms with Gasteiger partial charge in [0.1, 0.15) is 0 Å². The van der Waals surface area contributed by atoms with Crippen molar-refractivity contribution in [3.8, 4) is 0 Å². The summed E-state index contributed by atoms with van der Waals surface area (Å²) in [5.41, 5.74) is 0. The molecule has 2 N–H and O–H groups in total. The topological polar surface area (TPSA) is 41.1 Å². The molecule has 0 atom stereocenters. The highest BCUT2D eigenvalue weighted by atomic mass is 32.1. The SMILES string of the molecule is O=C(Cc1cccs1)NCCNC1CC1. The van der Waals surface area contributed by atoms with E-state index in [9.17, 15) is 4.79 Å². The monoisotopic (exact) mass is 224 g/mol. The van der Waals surface area contributed by atoms with Crippen molar-refractivity contribution in [3.63, 3.8) is 0 Å². The van der Waals surface area contributed by atoms with E-state index in [-0.39, 0.29) is 5.91 Å². The summed E-state index contributed by atoms with van der Waals surface area (Å²) >= 11 is 1.63. The first-order chi connectivity index (χ1) is 7.34. The maximum atomic E-state index is 11.4. The number of thiophene rings is 1. The summed E-state index contributed by atoms with van der Waals surface area (Å²) in [5, 5.41) is 8.27. The lowest BCUT2D eigenvalue weighted by Gasteiger charge is -2.04. The Morgan fingerprint density at radius 1 is 1.47 bits per heavy atom. The molecule has 0 bridgehead atoms. The molecule has 4 heteroatoms. The number of amides is 1. The van der Waals surface area contributed by atoms with E-state index in [2.05, 4.69) is 10.6 Å². The standard InChI is InChI=1S/C11H16N2OS/c14-11(8-10-2-1-7-15-10)13-6-5-12-9-3-4-9/h1-2,7,9,12H,3-6,8H2,(H,13,14). The molecule has 3 nitrogen and oxygen atoms in total. The Kier molecular flexibility index (Phi) is 3.75. The van der Waals surface area contributed by atoms with E-state index < -0.39 is 0 Å². The van der Waals surface area contributed by atoms with Crippen molar-refractivity contribution in [1.82, 2.24) is 10.6 Å². The molecule has 15 heavy (non-hydrogen) atoms. The summed E-state index contributed by atoms with van der Waals surface area (Å²) in [4.78, 5) is 12.6. The fraction of sp³-hybridized carbons (Fsp3) is 0.545. The van der Waals surface area contributed by atoms with Gasteiger partial charge in [-0.2, -0.15) is 0 Å². The summed E-state index contributed by atoms with van der Waals surface area (Å²) in [7, 11) is 0. The van der Waals surface area contributed by atoms with Gasteiger partial charge in [-0.25, -0.2) is 0 Å². The minimum Gasteiger partial charge on any atom is -0.355 e. The molecular formula is C11H16N2OS. The van der Waals surface area contributed by atoms with Gasteiger partial charge in [0.15, 0.2) is 0 Å². The normalized spacial score (nSPS) is 15.2. The molecule has 0 radical (unpaired) electrons. The van der Waals surface area contributed by atoms with Gasteiger partial charge in [-0.3, -0.25) is 4.79 Å². The second kappa shape index (κ2) is 5.28. The third kappa shape index (κ3) is 4.01. The Balaban J connectivity index is 1.55. The Morgan fingerprint density at radius 2 is 2.33 bits per heavy atom. The highest BCUT2D eigenvalue weighted by molar-refractivity contribution is 7.10. The Hall–Kier alpha value is -0.870. The number of hydrogen-bond donors (Lipinski definition) is 2. The van der Waals surface area contributed by atoms with E-state index in [0.717, 1.165) is 24.0 Å². The highest BCUT2D eigenvalue weighted by Crippen LogP contribution is 2.17. The second-order valence-corrected chi connectivity index (χ2v) is 4.87. The van der Waals surface area contributed by atoms with Crippen LogP contribution in [0.25, 0.3) is 0 Å². The lowest BCUT2D eigenvalue weighted by atomic mass is 10.3. The largest absolute Gasteiger partial charge is 0.355 e. The predicted octanol–water partition coefficient (Wildman–Crippen LogP) is 1.16. The van der Waals surface area contributed by atoms with Crippen LogP contribution in [-0.4, -0.2) is 25.0 Å². The maximum absolute atomic E-state index is 11.4. The van der Waals surface area contributed by atoms with Gasteiger partial charge in [0.05, 0.1) is 6.42 Å². The minimum atomic E-state index is 0.120. The third-order valence-electron chi connectivity index (χ3n) is 2.37.